The summed E-state index contributed by atoms with van der Waals surface area (Å²) in [4.78, 5) is 0. The van der Waals surface area contributed by atoms with E-state index in [1.54, 1.807) is 0 Å². The predicted molar refractivity (Wildman–Crippen MR) is 53.7 cm³/mol. The van der Waals surface area contributed by atoms with Gasteiger partial charge in [-0.1, -0.05) is 16.5 Å². The first-order valence-electron chi connectivity index (χ1n) is 4.00. The minimum Gasteiger partial charge on any atom is -0.316 e. The van der Waals surface area contributed by atoms with Crippen LogP contribution >= 0.6 is 11.5 Å². The van der Waals surface area contributed by atoms with Crippen molar-refractivity contribution in [1.29, 1.82) is 0 Å². The van der Waals surface area contributed by atoms with Crippen molar-refractivity contribution in [3.63, 3.8) is 0 Å². The lowest BCUT2D eigenvalue weighted by Gasteiger charge is -2.03. The van der Waals surface area contributed by atoms with E-state index in [4.69, 9.17) is 0 Å². The van der Waals surface area contributed by atoms with Crippen molar-refractivity contribution in [1.82, 2.24) is 20.1 Å². The van der Waals surface area contributed by atoms with Crippen LogP contribution in [0.25, 0.3) is 0 Å². The molecule has 0 aliphatic carbocycles. The van der Waals surface area contributed by atoms with E-state index in [0.717, 1.165) is 18.1 Å². The normalized spacial score (nSPS) is 11.5. The van der Waals surface area contributed by atoms with Crippen LogP contribution in [0.3, 0.4) is 0 Å². The average molecular weight is 237 g/mol. The Hall–Kier alpha value is -0.800. The molecule has 9 heteroatoms. The van der Waals surface area contributed by atoms with Gasteiger partial charge in [0, 0.05) is 18.1 Å². The van der Waals surface area contributed by atoms with Crippen molar-refractivity contribution in [2.24, 2.45) is 0 Å². The molecule has 80 valence electrons. The number of nitrogens with one attached hydrogen (secondary N) is 2. The van der Waals surface area contributed by atoms with Crippen molar-refractivity contribution >= 4 is 26.7 Å². The van der Waals surface area contributed by atoms with Gasteiger partial charge in [-0.05, 0) is 11.8 Å². The van der Waals surface area contributed by atoms with Gasteiger partial charge in [-0.2, -0.15) is 0 Å². The fourth-order valence-electron chi connectivity index (χ4n) is 0.740. The molecule has 0 radical (unpaired) electrons. The van der Waals surface area contributed by atoms with E-state index in [1.807, 2.05) is 6.92 Å². The molecule has 0 fully saturated rings. The zero-order valence-corrected chi connectivity index (χ0v) is 9.23. The number of aromatic nitrogens is 3. The van der Waals surface area contributed by atoms with Crippen LogP contribution in [0.1, 0.15) is 6.92 Å². The first-order chi connectivity index (χ1) is 6.64. The lowest BCUT2D eigenvalue weighted by molar-refractivity contribution is 0.597. The molecule has 0 aromatic carbocycles. The van der Waals surface area contributed by atoms with E-state index in [1.165, 1.54) is 0 Å². The molecule has 7 nitrogen and oxygen atoms in total. The smallest absolute Gasteiger partial charge is 0.238 e. The van der Waals surface area contributed by atoms with Gasteiger partial charge in [-0.15, -0.1) is 0 Å². The Bertz CT molecular complexity index is 348. The SMILES string of the molecule is CCNCCS(=O)(=O)Nc1nnns1. The molecule has 1 aromatic rings. The maximum absolute atomic E-state index is 11.3. The van der Waals surface area contributed by atoms with Crippen LogP contribution in [-0.2, 0) is 10.0 Å². The van der Waals surface area contributed by atoms with Gasteiger partial charge in [-0.3, -0.25) is 4.72 Å². The first-order valence-corrected chi connectivity index (χ1v) is 6.43. The van der Waals surface area contributed by atoms with Crippen LogP contribution in [0.5, 0.6) is 0 Å². The van der Waals surface area contributed by atoms with Gasteiger partial charge < -0.3 is 5.32 Å². The fourth-order valence-corrected chi connectivity index (χ4v) is 2.32. The second-order valence-corrected chi connectivity index (χ2v) is 5.02. The third-order valence-electron chi connectivity index (χ3n) is 1.34. The van der Waals surface area contributed by atoms with E-state index in [-0.39, 0.29) is 10.9 Å². The summed E-state index contributed by atoms with van der Waals surface area (Å²) >= 11 is 0.906. The number of hydrogen-bond acceptors (Lipinski definition) is 7. The highest BCUT2D eigenvalue weighted by Crippen LogP contribution is 2.07. The monoisotopic (exact) mass is 237 g/mol. The van der Waals surface area contributed by atoms with Gasteiger partial charge >= 0.3 is 0 Å². The predicted octanol–water partition coefficient (Wildman–Crippen LogP) is -0.716. The Kier molecular flexibility index (Phi) is 4.17. The standard InChI is InChI=1S/C5H11N5O2S2/c1-2-6-3-4-14(11,12)8-5-7-9-10-13-5/h6H,2-4H2,1H3,(H,7,8,10). The van der Waals surface area contributed by atoms with Crippen LogP contribution in [0.15, 0.2) is 0 Å². The Morgan fingerprint density at radius 2 is 2.29 bits per heavy atom. The first kappa shape index (κ1) is 11.3. The Morgan fingerprint density at radius 3 is 2.86 bits per heavy atom. The Balaban J connectivity index is 2.42. The van der Waals surface area contributed by atoms with E-state index in [0.29, 0.717) is 6.54 Å². The van der Waals surface area contributed by atoms with Crippen LogP contribution < -0.4 is 10.0 Å². The number of rotatable bonds is 6. The van der Waals surface area contributed by atoms with Crippen LogP contribution in [0.4, 0.5) is 5.13 Å². The molecule has 0 amide bonds. The van der Waals surface area contributed by atoms with E-state index >= 15 is 0 Å². The maximum atomic E-state index is 11.3. The molecule has 0 aliphatic heterocycles. The molecule has 0 bridgehead atoms. The van der Waals surface area contributed by atoms with Gasteiger partial charge in [0.2, 0.25) is 15.2 Å². The lowest BCUT2D eigenvalue weighted by atomic mass is 10.7. The number of nitrogens with zero attached hydrogens (tertiary/aromatic N) is 3. The molecule has 1 heterocycles. The third-order valence-corrected chi connectivity index (χ3v) is 3.23. The number of anilines is 1. The summed E-state index contributed by atoms with van der Waals surface area (Å²) in [5.74, 6) is 0.0143. The summed E-state index contributed by atoms with van der Waals surface area (Å²) < 4.78 is 28.4. The van der Waals surface area contributed by atoms with Crippen molar-refractivity contribution in [3.8, 4) is 0 Å². The van der Waals surface area contributed by atoms with E-state index in [9.17, 15) is 8.42 Å². The number of sulfonamides is 1. The van der Waals surface area contributed by atoms with Crippen LogP contribution in [0.2, 0.25) is 0 Å². The molecular formula is C5H11N5O2S2. The second-order valence-electron chi connectivity index (χ2n) is 2.44. The fraction of sp³-hybridized carbons (Fsp3) is 0.800. The molecule has 0 unspecified atom stereocenters. The summed E-state index contributed by atoms with van der Waals surface area (Å²) in [7, 11) is -3.32. The number of hydrogen-bond donors (Lipinski definition) is 2. The second kappa shape index (κ2) is 5.17. The molecule has 0 spiro atoms. The molecule has 0 saturated carbocycles. The maximum Gasteiger partial charge on any atom is 0.238 e. The molecular weight excluding hydrogens is 226 g/mol. The minimum absolute atomic E-state index is 0.0143. The molecule has 0 atom stereocenters. The van der Waals surface area contributed by atoms with E-state index < -0.39 is 10.0 Å². The van der Waals surface area contributed by atoms with Crippen LogP contribution in [0, 0.1) is 0 Å². The van der Waals surface area contributed by atoms with Crippen LogP contribution in [-0.4, -0.2) is 42.1 Å². The van der Waals surface area contributed by atoms with Gasteiger partial charge in [0.15, 0.2) is 0 Å². The highest BCUT2D eigenvalue weighted by atomic mass is 32.2. The zero-order valence-electron chi connectivity index (χ0n) is 7.60. The summed E-state index contributed by atoms with van der Waals surface area (Å²) in [6.45, 7) is 3.07. The highest BCUT2D eigenvalue weighted by molar-refractivity contribution is 7.92. The minimum atomic E-state index is -3.32. The largest absolute Gasteiger partial charge is 0.316 e. The summed E-state index contributed by atoms with van der Waals surface area (Å²) in [6.07, 6.45) is 0. The van der Waals surface area contributed by atoms with E-state index in [2.05, 4.69) is 24.8 Å². The van der Waals surface area contributed by atoms with Gasteiger partial charge in [0.1, 0.15) is 0 Å². The summed E-state index contributed by atoms with van der Waals surface area (Å²) in [5, 5.41) is 9.87. The van der Waals surface area contributed by atoms with Gasteiger partial charge in [-0.25, -0.2) is 8.42 Å². The average Bonchev–Trinajstić information content (AvgIpc) is 2.56. The third kappa shape index (κ3) is 3.94. The van der Waals surface area contributed by atoms with Crippen molar-refractivity contribution in [2.75, 3.05) is 23.6 Å². The van der Waals surface area contributed by atoms with Gasteiger partial charge in [0.05, 0.1) is 5.75 Å². The molecule has 14 heavy (non-hydrogen) atoms. The van der Waals surface area contributed by atoms with Crippen molar-refractivity contribution in [3.05, 3.63) is 0 Å². The quantitative estimate of drug-likeness (QED) is 0.634. The highest BCUT2D eigenvalue weighted by Gasteiger charge is 2.11. The Morgan fingerprint density at radius 1 is 1.50 bits per heavy atom. The summed E-state index contributed by atoms with van der Waals surface area (Å²) in [5.41, 5.74) is 0. The van der Waals surface area contributed by atoms with Gasteiger partial charge in [0.25, 0.3) is 0 Å². The van der Waals surface area contributed by atoms with Crippen molar-refractivity contribution in [2.45, 2.75) is 6.92 Å². The summed E-state index contributed by atoms with van der Waals surface area (Å²) in [6, 6.07) is 0. The topological polar surface area (TPSA) is 96.9 Å². The molecule has 0 aliphatic rings. The zero-order chi connectivity index (χ0) is 10.4. The molecule has 1 aromatic heterocycles. The molecule has 0 saturated heterocycles. The molecule has 1 rings (SSSR count). The molecule has 2 N–H and O–H groups in total. The Labute approximate surface area is 86.1 Å². The lowest BCUT2D eigenvalue weighted by Crippen LogP contribution is -2.26. The van der Waals surface area contributed by atoms with Crippen molar-refractivity contribution < 1.29 is 8.42 Å².